The van der Waals surface area contributed by atoms with Crippen LogP contribution in [0.15, 0.2) is 194 Å². The lowest BCUT2D eigenvalue weighted by Crippen LogP contribution is -2.15. The summed E-state index contributed by atoms with van der Waals surface area (Å²) in [4.78, 5) is 5.14. The first-order valence-corrected chi connectivity index (χ1v) is 24.4. The average Bonchev–Trinajstić information content (AvgIpc) is 3.91. The van der Waals surface area contributed by atoms with E-state index in [1.807, 2.05) is 22.7 Å². The van der Waals surface area contributed by atoms with Crippen LogP contribution in [0.4, 0.5) is 34.1 Å². The Morgan fingerprint density at radius 2 is 0.742 bits per heavy atom. The molecule has 314 valence electrons. The second kappa shape index (κ2) is 15.0. The highest BCUT2D eigenvalue weighted by Gasteiger charge is 2.28. The monoisotopic (exact) mass is 880 g/mol. The summed E-state index contributed by atoms with van der Waals surface area (Å²) in [5, 5.41) is 12.6. The number of hydrogen-bond acceptors (Lipinski definition) is 4. The molecule has 0 aliphatic rings. The molecule has 0 aliphatic heterocycles. The van der Waals surface area contributed by atoms with E-state index < -0.39 is 0 Å². The number of anilines is 6. The number of rotatable bonds is 7. The van der Waals surface area contributed by atoms with Crippen LogP contribution < -0.4 is 9.80 Å². The van der Waals surface area contributed by atoms with Gasteiger partial charge in [-0.05, 0) is 144 Å². The maximum atomic E-state index is 2.57. The van der Waals surface area contributed by atoms with E-state index in [1.54, 1.807) is 0 Å². The van der Waals surface area contributed by atoms with E-state index in [4.69, 9.17) is 0 Å². The van der Waals surface area contributed by atoms with Gasteiger partial charge in [-0.3, -0.25) is 0 Å². The fourth-order valence-corrected chi connectivity index (χ4v) is 13.3. The average molecular weight is 881 g/mol. The lowest BCUT2D eigenvalue weighted by Gasteiger charge is -2.33. The quantitative estimate of drug-likeness (QED) is 0.147. The van der Waals surface area contributed by atoms with Crippen LogP contribution in [0, 0.1) is 27.7 Å². The number of hydrogen-bond donors (Lipinski definition) is 0. The van der Waals surface area contributed by atoms with Crippen molar-refractivity contribution in [1.29, 1.82) is 0 Å². The third-order valence-corrected chi connectivity index (χ3v) is 15.9. The second-order valence-electron chi connectivity index (χ2n) is 18.0. The smallest absolute Gasteiger partial charge is 0.0640 e. The minimum absolute atomic E-state index is 1.15. The molecule has 0 atom stereocenters. The summed E-state index contributed by atoms with van der Waals surface area (Å²) in [6, 6.07) is 73.1. The Labute approximate surface area is 392 Å². The van der Waals surface area contributed by atoms with Crippen molar-refractivity contribution < 1.29 is 0 Å². The van der Waals surface area contributed by atoms with Crippen molar-refractivity contribution in [3.8, 4) is 11.1 Å². The number of nitrogens with zero attached hydrogens (tertiary/aromatic N) is 2. The third kappa shape index (κ3) is 6.13. The molecule has 4 heteroatoms. The summed E-state index contributed by atoms with van der Waals surface area (Å²) in [6.45, 7) is 8.90. The van der Waals surface area contributed by atoms with Gasteiger partial charge in [0.05, 0.1) is 32.1 Å². The maximum absolute atomic E-state index is 2.57. The lowest BCUT2D eigenvalue weighted by atomic mass is 9.89. The molecule has 13 aromatic rings. The molecule has 0 fully saturated rings. The van der Waals surface area contributed by atoms with Crippen LogP contribution in [0.5, 0.6) is 0 Å². The summed E-state index contributed by atoms with van der Waals surface area (Å²) in [6.07, 6.45) is 0. The van der Waals surface area contributed by atoms with Gasteiger partial charge in [-0.15, -0.1) is 22.7 Å². The van der Waals surface area contributed by atoms with Gasteiger partial charge in [0, 0.05) is 58.5 Å². The summed E-state index contributed by atoms with van der Waals surface area (Å²) in [7, 11) is 0. The molecular formula is C62H44N2S2. The molecule has 2 nitrogen and oxygen atoms in total. The van der Waals surface area contributed by atoms with Crippen LogP contribution in [-0.4, -0.2) is 0 Å². The van der Waals surface area contributed by atoms with Gasteiger partial charge in [0.2, 0.25) is 0 Å². The first-order valence-electron chi connectivity index (χ1n) is 22.7. The fraction of sp³-hybridized carbons (Fsp3) is 0.0645. The third-order valence-electron chi connectivity index (χ3n) is 13.4. The molecule has 0 saturated carbocycles. The van der Waals surface area contributed by atoms with Crippen molar-refractivity contribution in [2.24, 2.45) is 0 Å². The minimum atomic E-state index is 1.15. The van der Waals surface area contributed by atoms with Crippen LogP contribution in [0.25, 0.3) is 83.8 Å². The molecular weight excluding hydrogens is 837 g/mol. The molecule has 0 N–H and O–H groups in total. The van der Waals surface area contributed by atoms with Crippen LogP contribution in [0.1, 0.15) is 22.3 Å². The number of benzene rings is 11. The lowest BCUT2D eigenvalue weighted by molar-refractivity contribution is 1.26. The second-order valence-corrected chi connectivity index (χ2v) is 20.2. The van der Waals surface area contributed by atoms with Crippen LogP contribution in [-0.2, 0) is 0 Å². The van der Waals surface area contributed by atoms with E-state index in [0.29, 0.717) is 0 Å². The molecule has 0 spiro atoms. The van der Waals surface area contributed by atoms with Crippen LogP contribution in [0.2, 0.25) is 0 Å². The molecule has 0 aliphatic carbocycles. The van der Waals surface area contributed by atoms with E-state index in [-0.39, 0.29) is 0 Å². The molecule has 0 bridgehead atoms. The minimum Gasteiger partial charge on any atom is -0.308 e. The summed E-state index contributed by atoms with van der Waals surface area (Å²) in [5.41, 5.74) is 14.3. The Hall–Kier alpha value is -7.50. The normalized spacial score (nSPS) is 11.9. The van der Waals surface area contributed by atoms with Gasteiger partial charge in [-0.2, -0.15) is 0 Å². The number of thiophene rings is 2. The topological polar surface area (TPSA) is 6.48 Å². The van der Waals surface area contributed by atoms with Crippen molar-refractivity contribution in [2.45, 2.75) is 27.7 Å². The van der Waals surface area contributed by atoms with E-state index >= 15 is 0 Å². The predicted octanol–water partition coefficient (Wildman–Crippen LogP) is 19.2. The Kier molecular flexibility index (Phi) is 8.86. The fourth-order valence-electron chi connectivity index (χ4n) is 10.8. The number of fused-ring (bicyclic) bond motifs is 6. The molecule has 13 rings (SSSR count). The van der Waals surface area contributed by atoms with Gasteiger partial charge in [0.25, 0.3) is 0 Å². The van der Waals surface area contributed by atoms with E-state index in [0.717, 1.165) is 22.7 Å². The van der Waals surface area contributed by atoms with E-state index in [2.05, 4.69) is 232 Å². The molecule has 0 saturated heterocycles. The Bertz CT molecular complexity index is 3790. The SMILES string of the molecule is Cc1cc(C)cc(N(c2cc(N(c3cc(C)cc(C)c3)c3cccc4c3sc3ccccc34)c3ccc4cc(-c5ccccc5)cc5ccc2c3c54)c2cccc3c2sc2ccccc23)c1. The first kappa shape index (κ1) is 38.9. The molecule has 0 radical (unpaired) electrons. The predicted molar refractivity (Wildman–Crippen MR) is 290 cm³/mol. The zero-order chi connectivity index (χ0) is 44.2. The van der Waals surface area contributed by atoms with Gasteiger partial charge >= 0.3 is 0 Å². The Morgan fingerprint density at radius 3 is 1.23 bits per heavy atom. The van der Waals surface area contributed by atoms with Crippen molar-refractivity contribution >= 4 is 129 Å². The van der Waals surface area contributed by atoms with Gasteiger partial charge in [-0.1, -0.05) is 127 Å². The molecule has 2 aromatic heterocycles. The highest BCUT2D eigenvalue weighted by molar-refractivity contribution is 7.26. The zero-order valence-corrected chi connectivity index (χ0v) is 38.8. The first-order chi connectivity index (χ1) is 32.3. The van der Waals surface area contributed by atoms with Gasteiger partial charge < -0.3 is 9.80 Å². The van der Waals surface area contributed by atoms with Crippen molar-refractivity contribution in [3.05, 3.63) is 216 Å². The molecule has 0 unspecified atom stereocenters. The summed E-state index contributed by atoms with van der Waals surface area (Å²) >= 11 is 3.77. The molecule has 0 amide bonds. The zero-order valence-electron chi connectivity index (χ0n) is 37.2. The Morgan fingerprint density at radius 1 is 0.303 bits per heavy atom. The molecule has 2 heterocycles. The van der Waals surface area contributed by atoms with E-state index in [9.17, 15) is 0 Å². The van der Waals surface area contributed by atoms with Gasteiger partial charge in [0.1, 0.15) is 0 Å². The van der Waals surface area contributed by atoms with Crippen molar-refractivity contribution in [3.63, 3.8) is 0 Å². The maximum Gasteiger partial charge on any atom is 0.0640 e. The standard InChI is InChI=1S/C62H44N2S2/c1-37-28-38(2)31-45(30-37)63(53-20-12-18-49-47-16-8-10-22-57(47)65-61(49)53)55-36-56(52-27-25-43-35-44(41-14-6-5-7-15-41)34-42-24-26-51(55)60(52)59(42)43)64(46-32-39(3)29-40(4)33-46)54-21-13-19-50-48-17-9-11-23-58(48)66-62(50)54/h5-36H,1-4H3. The number of aryl methyl sites for hydroxylation is 4. The highest BCUT2D eigenvalue weighted by Crippen LogP contribution is 2.54. The van der Waals surface area contributed by atoms with E-state index in [1.165, 1.54) is 117 Å². The largest absolute Gasteiger partial charge is 0.308 e. The van der Waals surface area contributed by atoms with Crippen molar-refractivity contribution in [2.75, 3.05) is 9.80 Å². The highest BCUT2D eigenvalue weighted by atomic mass is 32.1. The summed E-state index contributed by atoms with van der Waals surface area (Å²) in [5.74, 6) is 0. The molecule has 66 heavy (non-hydrogen) atoms. The van der Waals surface area contributed by atoms with Gasteiger partial charge in [-0.25, -0.2) is 0 Å². The summed E-state index contributed by atoms with van der Waals surface area (Å²) < 4.78 is 5.14. The van der Waals surface area contributed by atoms with Crippen LogP contribution >= 0.6 is 22.7 Å². The molecule has 11 aromatic carbocycles. The van der Waals surface area contributed by atoms with Crippen molar-refractivity contribution in [1.82, 2.24) is 0 Å². The Balaban J connectivity index is 1.20. The van der Waals surface area contributed by atoms with Gasteiger partial charge in [0.15, 0.2) is 0 Å². The van der Waals surface area contributed by atoms with Crippen LogP contribution in [0.3, 0.4) is 0 Å².